The van der Waals surface area contributed by atoms with Crippen LogP contribution in [0.2, 0.25) is 5.02 Å². The number of hydrogen-bond donors (Lipinski definition) is 2. The summed E-state index contributed by atoms with van der Waals surface area (Å²) in [6, 6.07) is 15.9. The van der Waals surface area contributed by atoms with Gasteiger partial charge < -0.3 is 0 Å². The Kier molecular flexibility index (Phi) is 3.88. The number of halogens is 1. The monoisotopic (exact) mass is 297 g/mol. The second-order valence-electron chi connectivity index (χ2n) is 5.03. The Morgan fingerprint density at radius 3 is 2.81 bits per heavy atom. The van der Waals surface area contributed by atoms with Gasteiger partial charge in [0.2, 0.25) is 0 Å². The molecule has 1 atom stereocenters. The topological polar surface area (TPSA) is 50.9 Å². The molecule has 0 aliphatic heterocycles. The molecule has 3 nitrogen and oxygen atoms in total. The van der Waals surface area contributed by atoms with Gasteiger partial charge in [0, 0.05) is 16.6 Å². The first kappa shape index (κ1) is 14.0. The average Bonchev–Trinajstić information content (AvgIpc) is 2.52. The van der Waals surface area contributed by atoms with Crippen molar-refractivity contribution >= 4 is 22.5 Å². The maximum Gasteiger partial charge on any atom is 0.0725 e. The van der Waals surface area contributed by atoms with Gasteiger partial charge in [0.05, 0.1) is 11.6 Å². The number of rotatable bonds is 3. The van der Waals surface area contributed by atoms with Gasteiger partial charge in [-0.1, -0.05) is 48.0 Å². The number of hydrogen-bond acceptors (Lipinski definition) is 3. The Morgan fingerprint density at radius 1 is 1.14 bits per heavy atom. The van der Waals surface area contributed by atoms with Crippen molar-refractivity contribution in [1.29, 1.82) is 0 Å². The van der Waals surface area contributed by atoms with E-state index in [4.69, 9.17) is 17.4 Å². The van der Waals surface area contributed by atoms with Gasteiger partial charge >= 0.3 is 0 Å². The van der Waals surface area contributed by atoms with Crippen LogP contribution in [0.15, 0.2) is 54.7 Å². The van der Waals surface area contributed by atoms with E-state index in [1.54, 1.807) is 6.20 Å². The van der Waals surface area contributed by atoms with Crippen molar-refractivity contribution in [1.82, 2.24) is 10.4 Å². The largest absolute Gasteiger partial charge is 0.271 e. The highest BCUT2D eigenvalue weighted by atomic mass is 35.5. The average molecular weight is 298 g/mol. The lowest BCUT2D eigenvalue weighted by molar-refractivity contribution is 0.637. The fourth-order valence-electron chi connectivity index (χ4n) is 2.52. The normalized spacial score (nSPS) is 12.5. The number of pyridine rings is 1. The Balaban J connectivity index is 2.11. The fourth-order valence-corrected chi connectivity index (χ4v) is 2.76. The maximum absolute atomic E-state index is 6.42. The van der Waals surface area contributed by atoms with Crippen LogP contribution < -0.4 is 11.3 Å². The number of fused-ring (bicyclic) bond motifs is 1. The van der Waals surface area contributed by atoms with Gasteiger partial charge in [-0.05, 0) is 35.7 Å². The summed E-state index contributed by atoms with van der Waals surface area (Å²) >= 11 is 6.42. The Labute approximate surface area is 128 Å². The van der Waals surface area contributed by atoms with Crippen LogP contribution in [0.5, 0.6) is 0 Å². The molecule has 0 radical (unpaired) electrons. The summed E-state index contributed by atoms with van der Waals surface area (Å²) in [7, 11) is 0. The Morgan fingerprint density at radius 2 is 2.00 bits per heavy atom. The molecule has 1 unspecified atom stereocenters. The molecule has 1 heterocycles. The van der Waals surface area contributed by atoms with Crippen LogP contribution in [0.25, 0.3) is 10.9 Å². The van der Waals surface area contributed by atoms with E-state index in [1.807, 2.05) is 55.5 Å². The number of nitrogens with one attached hydrogen (secondary N) is 1. The van der Waals surface area contributed by atoms with Crippen LogP contribution in [-0.2, 0) is 0 Å². The Bertz CT molecular complexity index is 786. The zero-order valence-corrected chi connectivity index (χ0v) is 12.4. The molecule has 4 heteroatoms. The van der Waals surface area contributed by atoms with Crippen molar-refractivity contribution < 1.29 is 0 Å². The highest BCUT2D eigenvalue weighted by Crippen LogP contribution is 2.31. The molecule has 1 aromatic heterocycles. The molecule has 3 rings (SSSR count). The minimum Gasteiger partial charge on any atom is -0.271 e. The van der Waals surface area contributed by atoms with Crippen molar-refractivity contribution in [2.24, 2.45) is 5.84 Å². The molecule has 0 bridgehead atoms. The van der Waals surface area contributed by atoms with E-state index < -0.39 is 0 Å². The lowest BCUT2D eigenvalue weighted by Gasteiger charge is -2.19. The van der Waals surface area contributed by atoms with Crippen molar-refractivity contribution in [2.45, 2.75) is 13.0 Å². The number of nitrogens with zero attached hydrogens (tertiary/aromatic N) is 1. The highest BCUT2D eigenvalue weighted by Gasteiger charge is 2.17. The zero-order valence-electron chi connectivity index (χ0n) is 11.7. The number of hydrazine groups is 1. The van der Waals surface area contributed by atoms with Gasteiger partial charge in [-0.3, -0.25) is 10.8 Å². The summed E-state index contributed by atoms with van der Waals surface area (Å²) in [6.07, 6.45) is 1.79. The van der Waals surface area contributed by atoms with Gasteiger partial charge in [0.1, 0.15) is 0 Å². The highest BCUT2D eigenvalue weighted by molar-refractivity contribution is 6.32. The quantitative estimate of drug-likeness (QED) is 0.572. The summed E-state index contributed by atoms with van der Waals surface area (Å²) in [4.78, 5) is 4.39. The van der Waals surface area contributed by atoms with E-state index in [-0.39, 0.29) is 6.04 Å². The van der Waals surface area contributed by atoms with E-state index >= 15 is 0 Å². The molecular weight excluding hydrogens is 282 g/mol. The summed E-state index contributed by atoms with van der Waals surface area (Å²) in [6.45, 7) is 1.99. The van der Waals surface area contributed by atoms with Crippen LogP contribution in [-0.4, -0.2) is 4.98 Å². The smallest absolute Gasteiger partial charge is 0.0725 e. The molecule has 0 fully saturated rings. The number of aromatic nitrogens is 1. The van der Waals surface area contributed by atoms with Gasteiger partial charge in [-0.15, -0.1) is 0 Å². The Hall–Kier alpha value is -1.94. The van der Waals surface area contributed by atoms with Crippen molar-refractivity contribution in [3.05, 3.63) is 76.4 Å². The third-order valence-electron chi connectivity index (χ3n) is 3.66. The van der Waals surface area contributed by atoms with Gasteiger partial charge in [-0.2, -0.15) is 0 Å². The van der Waals surface area contributed by atoms with Crippen LogP contribution in [0.3, 0.4) is 0 Å². The molecule has 2 aromatic carbocycles. The zero-order chi connectivity index (χ0) is 14.8. The fraction of sp³-hybridized carbons (Fsp3) is 0.118. The third-order valence-corrected chi connectivity index (χ3v) is 4.18. The van der Waals surface area contributed by atoms with Crippen LogP contribution in [0.4, 0.5) is 0 Å². The summed E-state index contributed by atoms with van der Waals surface area (Å²) in [5, 5.41) is 1.84. The van der Waals surface area contributed by atoms with Gasteiger partial charge in [0.15, 0.2) is 0 Å². The molecule has 0 aliphatic carbocycles. The standard InChI is InChI=1S/C17H16ClN3/c1-11-4-2-6-14(16(11)18)17(21-19)13-8-7-12-5-3-9-20-15(12)10-13/h2-10,17,21H,19H2,1H3. The van der Waals surface area contributed by atoms with Crippen LogP contribution in [0, 0.1) is 6.92 Å². The SMILES string of the molecule is Cc1cccc(C(NN)c2ccc3cccnc3c2)c1Cl. The predicted molar refractivity (Wildman–Crippen MR) is 87.1 cm³/mol. The van der Waals surface area contributed by atoms with Gasteiger partial charge in [0.25, 0.3) is 0 Å². The van der Waals surface area contributed by atoms with Crippen LogP contribution >= 0.6 is 11.6 Å². The molecule has 0 aliphatic rings. The van der Waals surface area contributed by atoms with Crippen molar-refractivity contribution in [3.63, 3.8) is 0 Å². The maximum atomic E-state index is 6.42. The molecule has 106 valence electrons. The van der Waals surface area contributed by atoms with E-state index in [9.17, 15) is 0 Å². The molecule has 0 saturated heterocycles. The second-order valence-corrected chi connectivity index (χ2v) is 5.41. The van der Waals surface area contributed by atoms with E-state index in [0.717, 1.165) is 32.6 Å². The number of benzene rings is 2. The minimum atomic E-state index is -0.163. The third kappa shape index (κ3) is 2.63. The van der Waals surface area contributed by atoms with E-state index in [0.29, 0.717) is 0 Å². The molecule has 21 heavy (non-hydrogen) atoms. The molecule has 0 saturated carbocycles. The molecular formula is C17H16ClN3. The first-order valence-electron chi connectivity index (χ1n) is 6.76. The first-order valence-corrected chi connectivity index (χ1v) is 7.14. The van der Waals surface area contributed by atoms with Crippen LogP contribution in [0.1, 0.15) is 22.7 Å². The predicted octanol–water partition coefficient (Wildman–Crippen LogP) is 3.75. The molecule has 3 N–H and O–H groups in total. The van der Waals surface area contributed by atoms with Crippen molar-refractivity contribution in [3.8, 4) is 0 Å². The first-order chi connectivity index (χ1) is 10.2. The summed E-state index contributed by atoms with van der Waals surface area (Å²) in [5.41, 5.74) is 6.84. The summed E-state index contributed by atoms with van der Waals surface area (Å²) < 4.78 is 0. The second kappa shape index (κ2) is 5.82. The van der Waals surface area contributed by atoms with Crippen molar-refractivity contribution in [2.75, 3.05) is 0 Å². The lowest BCUT2D eigenvalue weighted by Crippen LogP contribution is -2.29. The number of nitrogens with two attached hydrogens (primary N) is 1. The molecule has 3 aromatic rings. The molecule has 0 spiro atoms. The lowest BCUT2D eigenvalue weighted by atomic mass is 9.96. The number of aryl methyl sites for hydroxylation is 1. The summed E-state index contributed by atoms with van der Waals surface area (Å²) in [5.74, 6) is 5.77. The van der Waals surface area contributed by atoms with E-state index in [1.165, 1.54) is 0 Å². The van der Waals surface area contributed by atoms with Gasteiger partial charge in [-0.25, -0.2) is 5.43 Å². The minimum absolute atomic E-state index is 0.163. The van der Waals surface area contributed by atoms with E-state index in [2.05, 4.69) is 10.4 Å². The molecule has 0 amide bonds.